The summed E-state index contributed by atoms with van der Waals surface area (Å²) in [5.74, 6) is -1.06. The third-order valence-corrected chi connectivity index (χ3v) is 4.25. The fraction of sp³-hybridized carbons (Fsp3) is 0.333. The van der Waals surface area contributed by atoms with Gasteiger partial charge in [0.1, 0.15) is 5.69 Å². The van der Waals surface area contributed by atoms with E-state index in [9.17, 15) is 14.7 Å². The predicted molar refractivity (Wildman–Crippen MR) is 94.5 cm³/mol. The van der Waals surface area contributed by atoms with Crippen molar-refractivity contribution in [1.82, 2.24) is 10.3 Å². The minimum atomic E-state index is -0.697. The Morgan fingerprint density at radius 3 is 2.60 bits per heavy atom. The van der Waals surface area contributed by atoms with E-state index in [2.05, 4.69) is 10.3 Å². The molecule has 134 valence electrons. The number of benzene rings is 1. The maximum absolute atomic E-state index is 12.2. The molecular formula is C18H21ClN2O4. The molecule has 0 fully saturated rings. The molecule has 1 aromatic carbocycles. The third kappa shape index (κ3) is 4.61. The first-order chi connectivity index (χ1) is 11.8. The lowest BCUT2D eigenvalue weighted by Gasteiger charge is -2.08. The second kappa shape index (κ2) is 8.18. The summed E-state index contributed by atoms with van der Waals surface area (Å²) in [6.45, 7) is 4.97. The maximum atomic E-state index is 12.2. The standard InChI is InChI=1S/C18H21ClN2O4/c1-10-16(12(3)22)11(2)21-17(10)18(24)25-9-15(23)20-8-13-6-4-5-7-14(13)19/h4-7,12,21-22H,8-9H2,1-3H3,(H,20,23)/t12-/m0/s1. The predicted octanol–water partition coefficient (Wildman–Crippen LogP) is 2.81. The van der Waals surface area contributed by atoms with E-state index in [0.29, 0.717) is 21.8 Å². The summed E-state index contributed by atoms with van der Waals surface area (Å²) >= 11 is 6.01. The topological polar surface area (TPSA) is 91.4 Å². The number of H-pyrrole nitrogens is 1. The van der Waals surface area contributed by atoms with Gasteiger partial charge in [0.25, 0.3) is 5.91 Å². The van der Waals surface area contributed by atoms with Crippen LogP contribution in [0.4, 0.5) is 0 Å². The number of aromatic amines is 1. The molecule has 0 bridgehead atoms. The first-order valence-electron chi connectivity index (χ1n) is 7.85. The average Bonchev–Trinajstić information content (AvgIpc) is 2.86. The van der Waals surface area contributed by atoms with Crippen LogP contribution in [0.1, 0.15) is 45.9 Å². The van der Waals surface area contributed by atoms with Gasteiger partial charge in [-0.3, -0.25) is 4.79 Å². The third-order valence-electron chi connectivity index (χ3n) is 3.89. The normalized spacial score (nSPS) is 11.9. The Kier molecular flexibility index (Phi) is 6.22. The second-order valence-electron chi connectivity index (χ2n) is 5.78. The number of amides is 1. The molecule has 25 heavy (non-hydrogen) atoms. The average molecular weight is 365 g/mol. The van der Waals surface area contributed by atoms with Crippen LogP contribution in [0.15, 0.2) is 24.3 Å². The molecule has 0 saturated carbocycles. The van der Waals surface area contributed by atoms with Gasteiger partial charge in [0.2, 0.25) is 0 Å². The molecule has 1 amide bonds. The van der Waals surface area contributed by atoms with Crippen LogP contribution < -0.4 is 5.32 Å². The zero-order chi connectivity index (χ0) is 18.6. The second-order valence-corrected chi connectivity index (χ2v) is 6.19. The number of ether oxygens (including phenoxy) is 1. The molecule has 0 unspecified atom stereocenters. The molecule has 2 aromatic rings. The van der Waals surface area contributed by atoms with Crippen molar-refractivity contribution in [3.05, 3.63) is 57.4 Å². The highest BCUT2D eigenvalue weighted by Crippen LogP contribution is 2.24. The smallest absolute Gasteiger partial charge is 0.355 e. The van der Waals surface area contributed by atoms with E-state index in [4.69, 9.17) is 16.3 Å². The van der Waals surface area contributed by atoms with Crippen LogP contribution in [0.5, 0.6) is 0 Å². The van der Waals surface area contributed by atoms with E-state index < -0.39 is 24.6 Å². The van der Waals surface area contributed by atoms with Crippen LogP contribution in [0, 0.1) is 13.8 Å². The highest BCUT2D eigenvalue weighted by Gasteiger charge is 2.21. The lowest BCUT2D eigenvalue weighted by molar-refractivity contribution is -0.124. The monoisotopic (exact) mass is 364 g/mol. The van der Waals surface area contributed by atoms with E-state index in [0.717, 1.165) is 5.56 Å². The minimum absolute atomic E-state index is 0.243. The molecule has 0 aliphatic heterocycles. The van der Waals surface area contributed by atoms with Gasteiger partial charge in [-0.2, -0.15) is 0 Å². The molecular weight excluding hydrogens is 344 g/mol. The van der Waals surface area contributed by atoms with Crippen LogP contribution >= 0.6 is 11.6 Å². The molecule has 1 aromatic heterocycles. The first kappa shape index (κ1) is 19.0. The summed E-state index contributed by atoms with van der Waals surface area (Å²) in [4.78, 5) is 26.9. The Bertz CT molecular complexity index is 783. The van der Waals surface area contributed by atoms with Crippen molar-refractivity contribution in [2.24, 2.45) is 0 Å². The molecule has 0 aliphatic carbocycles. The molecule has 1 heterocycles. The van der Waals surface area contributed by atoms with Crippen molar-refractivity contribution in [1.29, 1.82) is 0 Å². The molecule has 6 nitrogen and oxygen atoms in total. The maximum Gasteiger partial charge on any atom is 0.355 e. The molecule has 0 aliphatic rings. The minimum Gasteiger partial charge on any atom is -0.451 e. The zero-order valence-electron chi connectivity index (χ0n) is 14.4. The zero-order valence-corrected chi connectivity index (χ0v) is 15.1. The Labute approximate surface area is 151 Å². The highest BCUT2D eigenvalue weighted by molar-refractivity contribution is 6.31. The van der Waals surface area contributed by atoms with Gasteiger partial charge in [-0.15, -0.1) is 0 Å². The van der Waals surface area contributed by atoms with Gasteiger partial charge in [0.05, 0.1) is 6.10 Å². The van der Waals surface area contributed by atoms with E-state index >= 15 is 0 Å². The lowest BCUT2D eigenvalue weighted by atomic mass is 10.1. The summed E-state index contributed by atoms with van der Waals surface area (Å²) in [6.07, 6.45) is -0.697. The lowest BCUT2D eigenvalue weighted by Crippen LogP contribution is -2.28. The van der Waals surface area contributed by atoms with Gasteiger partial charge in [-0.1, -0.05) is 29.8 Å². The number of hydrogen-bond donors (Lipinski definition) is 3. The Morgan fingerprint density at radius 1 is 1.32 bits per heavy atom. The van der Waals surface area contributed by atoms with Crippen molar-refractivity contribution in [2.45, 2.75) is 33.4 Å². The summed E-state index contributed by atoms with van der Waals surface area (Å²) in [5, 5.41) is 13.0. The van der Waals surface area contributed by atoms with Gasteiger partial charge >= 0.3 is 5.97 Å². The molecule has 3 N–H and O–H groups in total. The quantitative estimate of drug-likeness (QED) is 0.687. The van der Waals surface area contributed by atoms with Crippen molar-refractivity contribution >= 4 is 23.5 Å². The van der Waals surface area contributed by atoms with Crippen LogP contribution in [0.25, 0.3) is 0 Å². The first-order valence-corrected chi connectivity index (χ1v) is 8.23. The summed E-state index contributed by atoms with van der Waals surface area (Å²) in [7, 11) is 0. The van der Waals surface area contributed by atoms with Gasteiger partial charge in [-0.05, 0) is 38.0 Å². The summed E-state index contributed by atoms with van der Waals surface area (Å²) < 4.78 is 5.04. The Hall–Kier alpha value is -2.31. The molecule has 1 atom stereocenters. The van der Waals surface area contributed by atoms with Crippen LogP contribution in [-0.4, -0.2) is 28.6 Å². The number of halogens is 1. The Balaban J connectivity index is 1.91. The molecule has 0 spiro atoms. The van der Waals surface area contributed by atoms with Crippen LogP contribution in [0.3, 0.4) is 0 Å². The van der Waals surface area contributed by atoms with E-state index in [-0.39, 0.29) is 12.2 Å². The number of aliphatic hydroxyl groups excluding tert-OH is 1. The number of carbonyl (C=O) groups is 2. The van der Waals surface area contributed by atoms with Crippen LogP contribution in [-0.2, 0) is 16.1 Å². The SMILES string of the molecule is Cc1[nH]c(C(=O)OCC(=O)NCc2ccccc2Cl)c(C)c1[C@H](C)O. The molecule has 2 rings (SSSR count). The van der Waals surface area contributed by atoms with Gasteiger partial charge < -0.3 is 20.1 Å². The molecule has 0 saturated heterocycles. The van der Waals surface area contributed by atoms with Crippen molar-refractivity contribution < 1.29 is 19.4 Å². The van der Waals surface area contributed by atoms with E-state index in [1.54, 1.807) is 39.0 Å². The number of aliphatic hydroxyl groups is 1. The van der Waals surface area contributed by atoms with Gasteiger partial charge in [-0.25, -0.2) is 4.79 Å². The summed E-state index contributed by atoms with van der Waals surface area (Å²) in [6, 6.07) is 7.16. The van der Waals surface area contributed by atoms with Crippen molar-refractivity contribution in [3.63, 3.8) is 0 Å². The van der Waals surface area contributed by atoms with E-state index in [1.165, 1.54) is 0 Å². The number of esters is 1. The largest absolute Gasteiger partial charge is 0.451 e. The number of carbonyl (C=O) groups excluding carboxylic acids is 2. The number of aryl methyl sites for hydroxylation is 1. The van der Waals surface area contributed by atoms with Gasteiger partial charge in [0, 0.05) is 22.8 Å². The van der Waals surface area contributed by atoms with Gasteiger partial charge in [0.15, 0.2) is 6.61 Å². The molecule has 0 radical (unpaired) electrons. The Morgan fingerprint density at radius 2 is 2.00 bits per heavy atom. The van der Waals surface area contributed by atoms with E-state index in [1.807, 2.05) is 6.07 Å². The van der Waals surface area contributed by atoms with Crippen molar-refractivity contribution in [2.75, 3.05) is 6.61 Å². The number of nitrogens with one attached hydrogen (secondary N) is 2. The number of hydrogen-bond acceptors (Lipinski definition) is 4. The van der Waals surface area contributed by atoms with Crippen LogP contribution in [0.2, 0.25) is 5.02 Å². The number of aromatic nitrogens is 1. The summed E-state index contributed by atoms with van der Waals surface area (Å²) in [5.41, 5.74) is 3.00. The fourth-order valence-corrected chi connectivity index (χ4v) is 2.89. The highest BCUT2D eigenvalue weighted by atomic mass is 35.5. The number of rotatable bonds is 6. The fourth-order valence-electron chi connectivity index (χ4n) is 2.69. The molecule has 7 heteroatoms. The van der Waals surface area contributed by atoms with Crippen molar-refractivity contribution in [3.8, 4) is 0 Å².